The molecule has 2 N–H and O–H groups in total. The smallest absolute Gasteiger partial charge is 0.326 e. The number of thioether (sulfide) groups is 1. The summed E-state index contributed by atoms with van der Waals surface area (Å²) in [6.45, 7) is 4.73. The monoisotopic (exact) mass is 590 g/mol. The van der Waals surface area contributed by atoms with Gasteiger partial charge in [0, 0.05) is 31.8 Å². The number of amides is 1. The molecule has 0 bridgehead atoms. The van der Waals surface area contributed by atoms with Crippen LogP contribution in [0.4, 0.5) is 0 Å². The summed E-state index contributed by atoms with van der Waals surface area (Å²) in [5.74, 6) is -0.752. The number of nitrogens with zero attached hydrogens (tertiary/aromatic N) is 1. The lowest BCUT2D eigenvalue weighted by molar-refractivity contribution is -0.139. The summed E-state index contributed by atoms with van der Waals surface area (Å²) in [7, 11) is 1.74. The molecule has 42 heavy (non-hydrogen) atoms. The van der Waals surface area contributed by atoms with Gasteiger partial charge in [0.05, 0.1) is 19.3 Å². The van der Waals surface area contributed by atoms with Gasteiger partial charge in [-0.05, 0) is 78.1 Å². The van der Waals surface area contributed by atoms with E-state index in [0.29, 0.717) is 37.5 Å². The number of nitrogens with one attached hydrogen (secondary N) is 1. The number of rotatable bonds is 14. The predicted molar refractivity (Wildman–Crippen MR) is 169 cm³/mol. The number of piperidine rings is 1. The molecule has 0 radical (unpaired) electrons. The third-order valence-electron chi connectivity index (χ3n) is 7.83. The Balaban J connectivity index is 1.57. The molecule has 1 amide bonds. The molecule has 3 aromatic rings. The SMILES string of the molecule is COC[C@@H]1CCC(OCc2ccccc2)CN1Cc1ccc(C(=O)NC(CCSC)C(=O)O)c(-c2ccccc2C)c1. The third kappa shape index (κ3) is 8.67. The number of aryl methyl sites for hydroxylation is 1. The minimum absolute atomic E-state index is 0.119. The second kappa shape index (κ2) is 15.9. The molecule has 1 heterocycles. The summed E-state index contributed by atoms with van der Waals surface area (Å²) < 4.78 is 11.9. The van der Waals surface area contributed by atoms with Gasteiger partial charge in [0.25, 0.3) is 5.91 Å². The van der Waals surface area contributed by atoms with E-state index >= 15 is 0 Å². The van der Waals surface area contributed by atoms with E-state index in [1.54, 1.807) is 18.9 Å². The Morgan fingerprint density at radius 3 is 2.50 bits per heavy atom. The molecule has 1 aliphatic rings. The molecular weight excluding hydrogens is 548 g/mol. The first-order valence-corrected chi connectivity index (χ1v) is 15.9. The first-order chi connectivity index (χ1) is 20.4. The molecular formula is C34H42N2O5S. The maximum atomic E-state index is 13.5. The van der Waals surface area contributed by atoms with Crippen LogP contribution in [-0.4, -0.2) is 72.3 Å². The maximum Gasteiger partial charge on any atom is 0.326 e. The highest BCUT2D eigenvalue weighted by atomic mass is 32.2. The number of carbonyl (C=O) groups is 2. The fourth-order valence-corrected chi connectivity index (χ4v) is 5.98. The molecule has 2 unspecified atom stereocenters. The van der Waals surface area contributed by atoms with Crippen LogP contribution in [-0.2, 0) is 27.4 Å². The Kier molecular flexibility index (Phi) is 12.0. The van der Waals surface area contributed by atoms with Crippen LogP contribution in [0.3, 0.4) is 0 Å². The Morgan fingerprint density at radius 2 is 1.79 bits per heavy atom. The lowest BCUT2D eigenvalue weighted by Crippen LogP contribution is -2.47. The van der Waals surface area contributed by atoms with Crippen molar-refractivity contribution in [2.24, 2.45) is 0 Å². The van der Waals surface area contributed by atoms with Crippen molar-refractivity contribution in [3.8, 4) is 11.1 Å². The molecule has 3 atom stereocenters. The van der Waals surface area contributed by atoms with E-state index in [4.69, 9.17) is 9.47 Å². The highest BCUT2D eigenvalue weighted by Crippen LogP contribution is 2.30. The van der Waals surface area contributed by atoms with E-state index < -0.39 is 12.0 Å². The number of hydrogen-bond acceptors (Lipinski definition) is 6. The number of hydrogen-bond donors (Lipinski definition) is 2. The summed E-state index contributed by atoms with van der Waals surface area (Å²) >= 11 is 1.56. The highest BCUT2D eigenvalue weighted by molar-refractivity contribution is 7.98. The summed E-state index contributed by atoms with van der Waals surface area (Å²) in [5, 5.41) is 12.5. The van der Waals surface area contributed by atoms with E-state index in [-0.39, 0.29) is 18.1 Å². The minimum atomic E-state index is -1.02. The number of ether oxygens (including phenoxy) is 2. The Labute approximate surface area is 253 Å². The second-order valence-electron chi connectivity index (χ2n) is 10.9. The lowest BCUT2D eigenvalue weighted by Gasteiger charge is -2.39. The van der Waals surface area contributed by atoms with E-state index in [0.717, 1.165) is 41.6 Å². The van der Waals surface area contributed by atoms with E-state index in [2.05, 4.69) is 28.4 Å². The van der Waals surface area contributed by atoms with E-state index in [1.807, 2.05) is 67.8 Å². The van der Waals surface area contributed by atoms with Gasteiger partial charge in [-0.15, -0.1) is 0 Å². The Hall–Kier alpha value is -3.17. The average molecular weight is 591 g/mol. The summed E-state index contributed by atoms with van der Waals surface area (Å²) in [6, 6.07) is 23.4. The van der Waals surface area contributed by atoms with Gasteiger partial charge >= 0.3 is 5.97 Å². The molecule has 7 nitrogen and oxygen atoms in total. The standard InChI is InChI=1S/C34H42N2O5S/c1-24-9-7-8-12-29(24)31-19-26(13-16-30(31)33(37)35-32(34(38)39)17-18-42-3)20-36-21-28(15-14-27(36)23-40-2)41-22-25-10-5-4-6-11-25/h4-13,16,19,27-28,32H,14-15,17-18,20-23H2,1-3H3,(H,35,37)(H,38,39)/t27-,28?,32?/m0/s1. The first kappa shape index (κ1) is 31.8. The van der Waals surface area contributed by atoms with Gasteiger partial charge < -0.3 is 19.9 Å². The summed E-state index contributed by atoms with van der Waals surface area (Å²) in [5.41, 5.74) is 5.51. The Bertz CT molecular complexity index is 1320. The number of carboxylic acid groups (broad SMARTS) is 1. The zero-order valence-electron chi connectivity index (χ0n) is 24.8. The van der Waals surface area contributed by atoms with Crippen molar-refractivity contribution in [1.82, 2.24) is 10.2 Å². The topological polar surface area (TPSA) is 88.1 Å². The largest absolute Gasteiger partial charge is 0.480 e. The molecule has 0 spiro atoms. The fraction of sp³-hybridized carbons (Fsp3) is 0.412. The van der Waals surface area contributed by atoms with Crippen LogP contribution in [0.15, 0.2) is 72.8 Å². The number of carbonyl (C=O) groups excluding carboxylic acids is 1. The van der Waals surface area contributed by atoms with Crippen molar-refractivity contribution in [3.05, 3.63) is 95.1 Å². The van der Waals surface area contributed by atoms with Gasteiger partial charge in [0.15, 0.2) is 0 Å². The molecule has 224 valence electrons. The van der Waals surface area contributed by atoms with E-state index in [1.165, 1.54) is 5.56 Å². The van der Waals surface area contributed by atoms with Crippen molar-refractivity contribution >= 4 is 23.6 Å². The fourth-order valence-electron chi connectivity index (χ4n) is 5.51. The van der Waals surface area contributed by atoms with Crippen LogP contribution in [0.25, 0.3) is 11.1 Å². The number of aliphatic carboxylic acids is 1. The zero-order chi connectivity index (χ0) is 29.9. The second-order valence-corrected chi connectivity index (χ2v) is 11.9. The van der Waals surface area contributed by atoms with Gasteiger partial charge in [0.2, 0.25) is 0 Å². The zero-order valence-corrected chi connectivity index (χ0v) is 25.6. The lowest BCUT2D eigenvalue weighted by atomic mass is 9.92. The normalized spacial score (nSPS) is 18.0. The number of likely N-dealkylation sites (tertiary alicyclic amines) is 1. The quantitative estimate of drug-likeness (QED) is 0.246. The van der Waals surface area contributed by atoms with Crippen molar-refractivity contribution in [2.75, 3.05) is 32.3 Å². The molecule has 4 rings (SSSR count). The van der Waals surface area contributed by atoms with Gasteiger partial charge in [0.1, 0.15) is 6.04 Å². The van der Waals surface area contributed by atoms with Crippen LogP contribution < -0.4 is 5.32 Å². The first-order valence-electron chi connectivity index (χ1n) is 14.5. The summed E-state index contributed by atoms with van der Waals surface area (Å²) in [4.78, 5) is 27.7. The third-order valence-corrected chi connectivity index (χ3v) is 8.47. The van der Waals surface area contributed by atoms with Gasteiger partial charge in [-0.25, -0.2) is 4.79 Å². The van der Waals surface area contributed by atoms with E-state index in [9.17, 15) is 14.7 Å². The molecule has 0 saturated carbocycles. The van der Waals surface area contributed by atoms with Crippen molar-refractivity contribution < 1.29 is 24.2 Å². The van der Waals surface area contributed by atoms with Crippen LogP contribution >= 0.6 is 11.8 Å². The van der Waals surface area contributed by atoms with Crippen molar-refractivity contribution in [1.29, 1.82) is 0 Å². The molecule has 8 heteroatoms. The van der Waals surface area contributed by atoms with Gasteiger partial charge in [-0.2, -0.15) is 11.8 Å². The van der Waals surface area contributed by atoms with Crippen LogP contribution in [0, 0.1) is 6.92 Å². The van der Waals surface area contributed by atoms with Crippen molar-refractivity contribution in [3.63, 3.8) is 0 Å². The number of benzene rings is 3. The van der Waals surface area contributed by atoms with Gasteiger partial charge in [-0.1, -0.05) is 60.7 Å². The van der Waals surface area contributed by atoms with Crippen LogP contribution in [0.2, 0.25) is 0 Å². The minimum Gasteiger partial charge on any atom is -0.480 e. The number of carboxylic acids is 1. The predicted octanol–water partition coefficient (Wildman–Crippen LogP) is 5.79. The molecule has 3 aromatic carbocycles. The molecule has 0 aliphatic carbocycles. The van der Waals surface area contributed by atoms with Gasteiger partial charge in [-0.3, -0.25) is 9.69 Å². The summed E-state index contributed by atoms with van der Waals surface area (Å²) in [6.07, 6.45) is 4.36. The van der Waals surface area contributed by atoms with Crippen molar-refractivity contribution in [2.45, 2.75) is 57.5 Å². The highest BCUT2D eigenvalue weighted by Gasteiger charge is 2.29. The molecule has 1 fully saturated rings. The number of methoxy groups -OCH3 is 1. The maximum absolute atomic E-state index is 13.5. The molecule has 1 saturated heterocycles. The van der Waals surface area contributed by atoms with Crippen LogP contribution in [0.1, 0.15) is 46.3 Å². The Morgan fingerprint density at radius 1 is 1.02 bits per heavy atom. The molecule has 1 aliphatic heterocycles. The van der Waals surface area contributed by atoms with Crippen LogP contribution in [0.5, 0.6) is 0 Å². The average Bonchev–Trinajstić information content (AvgIpc) is 3.00. The molecule has 0 aromatic heterocycles.